The molecule has 3 atom stereocenters. The molecule has 2 N–H and O–H groups in total. The Morgan fingerprint density at radius 1 is 1.15 bits per heavy atom. The van der Waals surface area contributed by atoms with Crippen LogP contribution in [-0.4, -0.2) is 43.2 Å². The molecule has 0 radical (unpaired) electrons. The number of aromatic nitrogens is 1. The van der Waals surface area contributed by atoms with Crippen molar-refractivity contribution < 1.29 is 9.47 Å². The van der Waals surface area contributed by atoms with Crippen LogP contribution >= 0.6 is 0 Å². The van der Waals surface area contributed by atoms with Gasteiger partial charge < -0.3 is 15.2 Å². The second-order valence-electron chi connectivity index (χ2n) is 7.43. The summed E-state index contributed by atoms with van der Waals surface area (Å²) in [5.74, 6) is 1.89. The smallest absolute Gasteiger partial charge is 0.161 e. The molecule has 2 aliphatic rings. The molecular weight excluding hydrogens is 326 g/mol. The highest BCUT2D eigenvalue weighted by atomic mass is 16.5. The summed E-state index contributed by atoms with van der Waals surface area (Å²) >= 11 is 0. The second-order valence-corrected chi connectivity index (χ2v) is 7.43. The van der Waals surface area contributed by atoms with E-state index in [2.05, 4.69) is 35.0 Å². The second kappa shape index (κ2) is 6.89. The number of benzene rings is 1. The van der Waals surface area contributed by atoms with Crippen LogP contribution in [0.15, 0.2) is 30.5 Å². The molecule has 5 nitrogen and oxygen atoms in total. The monoisotopic (exact) mass is 353 g/mol. The van der Waals surface area contributed by atoms with Crippen molar-refractivity contribution >= 4 is 0 Å². The molecule has 26 heavy (non-hydrogen) atoms. The number of rotatable bonds is 3. The van der Waals surface area contributed by atoms with Crippen LogP contribution in [0.2, 0.25) is 0 Å². The van der Waals surface area contributed by atoms with Crippen molar-refractivity contribution in [3.8, 4) is 11.5 Å². The van der Waals surface area contributed by atoms with Crippen LogP contribution in [0.5, 0.6) is 11.5 Å². The van der Waals surface area contributed by atoms with Crippen molar-refractivity contribution in [2.75, 3.05) is 27.3 Å². The normalized spacial score (nSPS) is 25.3. The lowest BCUT2D eigenvalue weighted by Crippen LogP contribution is -2.50. The molecule has 1 aromatic heterocycles. The van der Waals surface area contributed by atoms with Crippen molar-refractivity contribution in [2.24, 2.45) is 5.73 Å². The first-order valence-corrected chi connectivity index (χ1v) is 9.27. The number of methoxy groups -OCH3 is 2. The Kier molecular flexibility index (Phi) is 4.59. The SMILES string of the molecule is COc1cc2c(cc1OC)[C@@H]1C[C@H](N)[C@@H](c3cc(C)ccn3)CN1CC2. The first kappa shape index (κ1) is 17.3. The van der Waals surface area contributed by atoms with Crippen LogP contribution in [-0.2, 0) is 6.42 Å². The van der Waals surface area contributed by atoms with E-state index >= 15 is 0 Å². The van der Waals surface area contributed by atoms with E-state index in [-0.39, 0.29) is 12.0 Å². The topological polar surface area (TPSA) is 60.6 Å². The molecule has 1 saturated heterocycles. The summed E-state index contributed by atoms with van der Waals surface area (Å²) in [6, 6.07) is 8.93. The van der Waals surface area contributed by atoms with Crippen molar-refractivity contribution in [3.63, 3.8) is 0 Å². The number of aryl methyl sites for hydroxylation is 1. The summed E-state index contributed by atoms with van der Waals surface area (Å²) in [6.45, 7) is 4.11. The lowest BCUT2D eigenvalue weighted by Gasteiger charge is -2.46. The molecule has 2 aliphatic heterocycles. The number of ether oxygens (including phenoxy) is 2. The predicted octanol–water partition coefficient (Wildman–Crippen LogP) is 2.82. The van der Waals surface area contributed by atoms with Gasteiger partial charge in [0.15, 0.2) is 11.5 Å². The third-order valence-electron chi connectivity index (χ3n) is 5.87. The Hall–Kier alpha value is -2.11. The van der Waals surface area contributed by atoms with Crippen LogP contribution < -0.4 is 15.2 Å². The quantitative estimate of drug-likeness (QED) is 0.919. The molecule has 0 spiro atoms. The largest absolute Gasteiger partial charge is 0.493 e. The molecule has 1 fully saturated rings. The van der Waals surface area contributed by atoms with E-state index in [4.69, 9.17) is 15.2 Å². The van der Waals surface area contributed by atoms with E-state index in [1.807, 2.05) is 12.3 Å². The highest BCUT2D eigenvalue weighted by molar-refractivity contribution is 5.49. The van der Waals surface area contributed by atoms with Crippen molar-refractivity contribution in [3.05, 3.63) is 52.8 Å². The summed E-state index contributed by atoms with van der Waals surface area (Å²) < 4.78 is 11.0. The van der Waals surface area contributed by atoms with Crippen LogP contribution in [0.3, 0.4) is 0 Å². The number of nitrogens with zero attached hydrogens (tertiary/aromatic N) is 2. The first-order valence-electron chi connectivity index (χ1n) is 9.27. The maximum atomic E-state index is 6.63. The molecule has 5 heteroatoms. The Bertz CT molecular complexity index is 808. The zero-order valence-corrected chi connectivity index (χ0v) is 15.7. The van der Waals surface area contributed by atoms with Crippen molar-refractivity contribution in [2.45, 2.75) is 37.8 Å². The highest BCUT2D eigenvalue weighted by Crippen LogP contribution is 2.43. The minimum atomic E-state index is 0.101. The average Bonchev–Trinajstić information content (AvgIpc) is 2.66. The fourth-order valence-electron chi connectivity index (χ4n) is 4.46. The van der Waals surface area contributed by atoms with Gasteiger partial charge in [0, 0.05) is 43.0 Å². The van der Waals surface area contributed by atoms with Gasteiger partial charge in [-0.25, -0.2) is 0 Å². The molecule has 0 bridgehead atoms. The van der Waals surface area contributed by atoms with Crippen molar-refractivity contribution in [1.82, 2.24) is 9.88 Å². The van der Waals surface area contributed by atoms with E-state index in [0.29, 0.717) is 6.04 Å². The van der Waals surface area contributed by atoms with E-state index in [9.17, 15) is 0 Å². The number of pyridine rings is 1. The number of piperidine rings is 1. The molecule has 2 aromatic rings. The minimum absolute atomic E-state index is 0.101. The zero-order valence-electron chi connectivity index (χ0n) is 15.7. The molecule has 0 saturated carbocycles. The fourth-order valence-corrected chi connectivity index (χ4v) is 4.46. The molecular formula is C21H27N3O2. The van der Waals surface area contributed by atoms with E-state index in [1.165, 1.54) is 16.7 Å². The van der Waals surface area contributed by atoms with Gasteiger partial charge in [0.05, 0.1) is 14.2 Å². The third-order valence-corrected chi connectivity index (χ3v) is 5.87. The Morgan fingerprint density at radius 2 is 1.92 bits per heavy atom. The van der Waals surface area contributed by atoms with Crippen LogP contribution in [0.25, 0.3) is 0 Å². The number of hydrogen-bond acceptors (Lipinski definition) is 5. The first-order chi connectivity index (χ1) is 12.6. The van der Waals surface area contributed by atoms with Crippen LogP contribution in [0.1, 0.15) is 40.8 Å². The number of hydrogen-bond donors (Lipinski definition) is 1. The van der Waals surface area contributed by atoms with Gasteiger partial charge in [-0.2, -0.15) is 0 Å². The average molecular weight is 353 g/mol. The Labute approximate surface area is 155 Å². The van der Waals surface area contributed by atoms with Crippen molar-refractivity contribution in [1.29, 1.82) is 0 Å². The standard InChI is InChI=1S/C21H27N3O2/c1-13-4-6-23-18(8-13)16-12-24-7-5-14-9-20(25-2)21(26-3)10-15(14)19(24)11-17(16)22/h4,6,8-10,16-17,19H,5,7,11-12,22H2,1-3H3/t16-,17-,19-/m0/s1. The van der Waals surface area contributed by atoms with Gasteiger partial charge in [-0.05, 0) is 60.7 Å². The predicted molar refractivity (Wildman–Crippen MR) is 102 cm³/mol. The van der Waals surface area contributed by atoms with E-state index in [0.717, 1.165) is 43.1 Å². The van der Waals surface area contributed by atoms with Crippen LogP contribution in [0.4, 0.5) is 0 Å². The maximum Gasteiger partial charge on any atom is 0.161 e. The van der Waals surface area contributed by atoms with Gasteiger partial charge in [0.2, 0.25) is 0 Å². The fraction of sp³-hybridized carbons (Fsp3) is 0.476. The summed E-state index contributed by atoms with van der Waals surface area (Å²) in [4.78, 5) is 7.16. The zero-order chi connectivity index (χ0) is 18.3. The Balaban J connectivity index is 1.64. The molecule has 3 heterocycles. The van der Waals surface area contributed by atoms with E-state index in [1.54, 1.807) is 14.2 Å². The summed E-state index contributed by atoms with van der Waals surface area (Å²) in [5, 5.41) is 0. The van der Waals surface area contributed by atoms with Gasteiger partial charge in [0.25, 0.3) is 0 Å². The highest BCUT2D eigenvalue weighted by Gasteiger charge is 2.39. The summed E-state index contributed by atoms with van der Waals surface area (Å²) in [5.41, 5.74) is 11.7. The van der Waals surface area contributed by atoms with E-state index < -0.39 is 0 Å². The third kappa shape index (κ3) is 2.95. The summed E-state index contributed by atoms with van der Waals surface area (Å²) in [7, 11) is 3.38. The van der Waals surface area contributed by atoms with Gasteiger partial charge in [-0.3, -0.25) is 9.88 Å². The van der Waals surface area contributed by atoms with Gasteiger partial charge in [-0.1, -0.05) is 0 Å². The lowest BCUT2D eigenvalue weighted by molar-refractivity contribution is 0.108. The molecule has 0 aliphatic carbocycles. The lowest BCUT2D eigenvalue weighted by atomic mass is 9.79. The number of fused-ring (bicyclic) bond motifs is 3. The Morgan fingerprint density at radius 3 is 2.65 bits per heavy atom. The minimum Gasteiger partial charge on any atom is -0.493 e. The summed E-state index contributed by atoms with van der Waals surface area (Å²) in [6.07, 6.45) is 3.85. The number of nitrogens with two attached hydrogens (primary N) is 1. The maximum absolute atomic E-state index is 6.63. The molecule has 0 unspecified atom stereocenters. The van der Waals surface area contributed by atoms with Gasteiger partial charge in [-0.15, -0.1) is 0 Å². The van der Waals surface area contributed by atoms with Gasteiger partial charge >= 0.3 is 0 Å². The van der Waals surface area contributed by atoms with Gasteiger partial charge in [0.1, 0.15) is 0 Å². The molecule has 138 valence electrons. The molecule has 1 aromatic carbocycles. The molecule has 0 amide bonds. The molecule has 4 rings (SSSR count). The van der Waals surface area contributed by atoms with Crippen LogP contribution in [0, 0.1) is 6.92 Å².